The first-order chi connectivity index (χ1) is 7.88. The number of benzene rings is 2. The van der Waals surface area contributed by atoms with Crippen LogP contribution in [0.3, 0.4) is 0 Å². The minimum absolute atomic E-state index is 0. The summed E-state index contributed by atoms with van der Waals surface area (Å²) >= 11 is 0. The summed E-state index contributed by atoms with van der Waals surface area (Å²) in [4.78, 5) is 0. The molecule has 2 aromatic rings. The molecule has 18 heavy (non-hydrogen) atoms. The van der Waals surface area contributed by atoms with E-state index < -0.39 is 0 Å². The Labute approximate surface area is 133 Å². The largest absolute Gasteiger partial charge is 0.147 e. The third-order valence-electron chi connectivity index (χ3n) is 2.17. The van der Waals surface area contributed by atoms with Gasteiger partial charge in [-0.2, -0.15) is 0 Å². The van der Waals surface area contributed by atoms with Gasteiger partial charge in [-0.1, -0.05) is 74.0 Å². The number of hydrogen-bond acceptors (Lipinski definition) is 0. The molecule has 3 heteroatoms. The van der Waals surface area contributed by atoms with Gasteiger partial charge in [0.2, 0.25) is 0 Å². The van der Waals surface area contributed by atoms with Crippen LogP contribution in [0.2, 0.25) is 0 Å². The summed E-state index contributed by atoms with van der Waals surface area (Å²) < 4.78 is 0. The summed E-state index contributed by atoms with van der Waals surface area (Å²) in [5, 5.41) is 0. The maximum absolute atomic E-state index is 2.66. The van der Waals surface area contributed by atoms with Gasteiger partial charge in [0.1, 0.15) is 0 Å². The molecule has 0 saturated heterocycles. The topological polar surface area (TPSA) is 0 Å². The predicted octanol–water partition coefficient (Wildman–Crippen LogP) is 5.04. The zero-order valence-corrected chi connectivity index (χ0v) is 14.0. The summed E-state index contributed by atoms with van der Waals surface area (Å²) in [6.07, 6.45) is 2.52. The van der Waals surface area contributed by atoms with Crippen molar-refractivity contribution in [3.05, 3.63) is 60.7 Å². The van der Waals surface area contributed by atoms with Gasteiger partial charge in [0.25, 0.3) is 0 Å². The van der Waals surface area contributed by atoms with Crippen LogP contribution in [-0.2, 0) is 20.4 Å². The van der Waals surface area contributed by atoms with Gasteiger partial charge in [-0.15, -0.1) is 21.6 Å². The second kappa shape index (κ2) is 13.3. The Morgan fingerprint density at radius 1 is 0.778 bits per heavy atom. The molecule has 1 unspecified atom stereocenters. The van der Waals surface area contributed by atoms with Crippen molar-refractivity contribution < 1.29 is 20.4 Å². The average molecular weight is 373 g/mol. The van der Waals surface area contributed by atoms with Gasteiger partial charge in [-0.25, -0.2) is 0 Å². The van der Waals surface area contributed by atoms with E-state index in [-0.39, 0.29) is 32.8 Å². The van der Waals surface area contributed by atoms with Crippen molar-refractivity contribution in [3.8, 4) is 11.1 Å². The fraction of sp³-hybridized carbons (Fsp3) is 0.200. The smallest absolute Gasteiger partial charge is 0 e. The van der Waals surface area contributed by atoms with E-state index in [9.17, 15) is 0 Å². The summed E-state index contributed by atoms with van der Waals surface area (Å²) in [6, 6.07) is 20.8. The number of rotatable bonds is 2. The van der Waals surface area contributed by atoms with Crippen LogP contribution in [-0.4, -0.2) is 6.16 Å². The minimum atomic E-state index is 0. The molecule has 2 rings (SSSR count). The molecule has 0 spiro atoms. The predicted molar refractivity (Wildman–Crippen MR) is 84.0 cm³/mol. The maximum atomic E-state index is 2.66. The fourth-order valence-electron chi connectivity index (χ4n) is 1.26. The van der Waals surface area contributed by atoms with Crippen LogP contribution in [0.4, 0.5) is 0 Å². The van der Waals surface area contributed by atoms with E-state index in [1.165, 1.54) is 23.7 Å². The van der Waals surface area contributed by atoms with Crippen LogP contribution in [0.5, 0.6) is 0 Å². The van der Waals surface area contributed by atoms with E-state index in [2.05, 4.69) is 64.7 Å². The Morgan fingerprint density at radius 3 is 1.28 bits per heavy atom. The third kappa shape index (κ3) is 8.02. The summed E-state index contributed by atoms with van der Waals surface area (Å²) in [5.41, 5.74) is 2.55. The normalized spacial score (nSPS) is 8.11. The fourth-order valence-corrected chi connectivity index (χ4v) is 1.26. The second-order valence-corrected chi connectivity index (χ2v) is 4.10. The van der Waals surface area contributed by atoms with Gasteiger partial charge in [-0.05, 0) is 17.3 Å². The van der Waals surface area contributed by atoms with Crippen molar-refractivity contribution in [1.82, 2.24) is 0 Å². The molecule has 0 aliphatic carbocycles. The van der Waals surface area contributed by atoms with Crippen LogP contribution < -0.4 is 0 Å². The van der Waals surface area contributed by atoms with Crippen LogP contribution in [0.25, 0.3) is 11.1 Å². The summed E-state index contributed by atoms with van der Waals surface area (Å²) in [7, 11) is 2.66. The molecule has 2 aromatic carbocycles. The van der Waals surface area contributed by atoms with Crippen LogP contribution in [0.1, 0.15) is 13.3 Å². The van der Waals surface area contributed by atoms with Gasteiger partial charge >= 0.3 is 0 Å². The quantitative estimate of drug-likeness (QED) is 0.511. The second-order valence-electron chi connectivity index (χ2n) is 3.52. The van der Waals surface area contributed by atoms with Crippen molar-refractivity contribution in [2.45, 2.75) is 13.3 Å². The summed E-state index contributed by atoms with van der Waals surface area (Å²) in [6.45, 7) is 2.16. The van der Waals surface area contributed by atoms with Crippen LogP contribution in [0, 0.1) is 0 Å². The van der Waals surface area contributed by atoms with Crippen molar-refractivity contribution in [2.24, 2.45) is 0 Å². The minimum Gasteiger partial charge on any atom is -0.147 e. The molecule has 0 aliphatic heterocycles. The first-order valence-corrected chi connectivity index (χ1v) is 6.50. The molecule has 0 aliphatic rings. The Hall–Kier alpha value is -0.178. The monoisotopic (exact) mass is 372 g/mol. The van der Waals surface area contributed by atoms with E-state index in [0.717, 1.165) is 0 Å². The van der Waals surface area contributed by atoms with E-state index in [0.29, 0.717) is 0 Å². The molecule has 0 aromatic heterocycles. The zero-order valence-electron chi connectivity index (χ0n) is 10.5. The Morgan fingerprint density at radius 2 is 1.06 bits per heavy atom. The molecule has 0 radical (unpaired) electrons. The van der Waals surface area contributed by atoms with E-state index in [1.807, 2.05) is 12.1 Å². The van der Waals surface area contributed by atoms with E-state index in [1.54, 1.807) is 0 Å². The van der Waals surface area contributed by atoms with Gasteiger partial charge in [-0.3, -0.25) is 0 Å². The SMILES string of the molecule is CCCP.Cl.[Pd].c1ccc(-c2ccccc2)cc1. The Bertz CT molecular complexity index is 339. The first-order valence-electron chi connectivity index (χ1n) is 5.69. The standard InChI is InChI=1S/C12H10.C3H9P.ClH.Pd/c1-3-7-11(8-4-1)12-9-5-2-6-10-12;1-2-3-4;;/h1-10H;2-4H2,1H3;1H;. The van der Waals surface area contributed by atoms with Gasteiger partial charge in [0.15, 0.2) is 0 Å². The van der Waals surface area contributed by atoms with Crippen molar-refractivity contribution in [3.63, 3.8) is 0 Å². The summed E-state index contributed by atoms with van der Waals surface area (Å²) in [5.74, 6) is 0. The molecule has 0 amide bonds. The van der Waals surface area contributed by atoms with Gasteiger partial charge in [0.05, 0.1) is 0 Å². The molecule has 0 nitrogen and oxygen atoms in total. The zero-order chi connectivity index (χ0) is 11.6. The molecular formula is C15H20ClPPd. The van der Waals surface area contributed by atoms with Gasteiger partial charge in [0, 0.05) is 20.4 Å². The maximum Gasteiger partial charge on any atom is 0 e. The van der Waals surface area contributed by atoms with E-state index in [4.69, 9.17) is 0 Å². The molecule has 0 fully saturated rings. The molecule has 1 atom stereocenters. The van der Waals surface area contributed by atoms with Crippen LogP contribution >= 0.6 is 21.6 Å². The van der Waals surface area contributed by atoms with Crippen LogP contribution in [0.15, 0.2) is 60.7 Å². The molecule has 0 saturated carbocycles. The van der Waals surface area contributed by atoms with Crippen molar-refractivity contribution >= 4 is 21.6 Å². The van der Waals surface area contributed by atoms with Crippen molar-refractivity contribution in [2.75, 3.05) is 6.16 Å². The molecule has 0 bridgehead atoms. The van der Waals surface area contributed by atoms with Crippen molar-refractivity contribution in [1.29, 1.82) is 0 Å². The average Bonchev–Trinajstić information content (AvgIpc) is 2.41. The van der Waals surface area contributed by atoms with E-state index >= 15 is 0 Å². The number of hydrogen-bond donors (Lipinski definition) is 0. The third-order valence-corrected chi connectivity index (χ3v) is 2.75. The molecule has 0 N–H and O–H groups in total. The first kappa shape index (κ1) is 20.1. The van der Waals surface area contributed by atoms with Gasteiger partial charge < -0.3 is 0 Å². The molecule has 102 valence electrons. The molecule has 0 heterocycles. The Balaban J connectivity index is 0. The number of halogens is 1. The Kier molecular flexibility index (Phi) is 14.8. The molecular weight excluding hydrogens is 353 g/mol.